The number of ether oxygens (including phenoxy) is 1. The average molecular weight is 245 g/mol. The molecule has 4 nitrogen and oxygen atoms in total. The topological polar surface area (TPSA) is 46.6 Å². The van der Waals surface area contributed by atoms with E-state index in [0.717, 1.165) is 5.56 Å². The van der Waals surface area contributed by atoms with Gasteiger partial charge in [-0.15, -0.1) is 0 Å². The summed E-state index contributed by atoms with van der Waals surface area (Å²) in [5.74, 6) is -0.418. The molecule has 0 radical (unpaired) electrons. The maximum Gasteiger partial charge on any atom is 0.328 e. The smallest absolute Gasteiger partial charge is 0.328 e. The number of ketones is 1. The van der Waals surface area contributed by atoms with Gasteiger partial charge < -0.3 is 9.64 Å². The van der Waals surface area contributed by atoms with Crippen molar-refractivity contribution in [2.45, 2.75) is 19.0 Å². The summed E-state index contributed by atoms with van der Waals surface area (Å²) in [4.78, 5) is 24.9. The number of hydrogen-bond acceptors (Lipinski definition) is 4. The first-order chi connectivity index (χ1) is 8.70. The molecule has 0 fully saturated rings. The minimum atomic E-state index is -0.521. The number of allylic oxidation sites excluding steroid dienone is 1. The third-order valence-corrected chi connectivity index (χ3v) is 2.93. The van der Waals surface area contributed by atoms with Crippen molar-refractivity contribution in [2.75, 3.05) is 7.11 Å². The van der Waals surface area contributed by atoms with E-state index in [9.17, 15) is 9.59 Å². The van der Waals surface area contributed by atoms with Gasteiger partial charge in [0.15, 0.2) is 5.78 Å². The van der Waals surface area contributed by atoms with Gasteiger partial charge in [0, 0.05) is 19.2 Å². The van der Waals surface area contributed by atoms with Gasteiger partial charge in [-0.05, 0) is 11.6 Å². The van der Waals surface area contributed by atoms with E-state index >= 15 is 0 Å². The summed E-state index contributed by atoms with van der Waals surface area (Å²) >= 11 is 0. The Morgan fingerprint density at radius 2 is 2.11 bits per heavy atom. The largest absolute Gasteiger partial charge is 0.467 e. The highest BCUT2D eigenvalue weighted by Crippen LogP contribution is 2.17. The Morgan fingerprint density at radius 1 is 1.39 bits per heavy atom. The molecule has 0 spiro atoms. The van der Waals surface area contributed by atoms with Crippen LogP contribution in [0.2, 0.25) is 0 Å². The molecule has 1 aliphatic rings. The van der Waals surface area contributed by atoms with Crippen LogP contribution in [-0.2, 0) is 20.9 Å². The van der Waals surface area contributed by atoms with Gasteiger partial charge in [-0.25, -0.2) is 4.79 Å². The minimum absolute atomic E-state index is 0.0466. The number of nitrogens with zero attached hydrogens (tertiary/aromatic N) is 1. The Labute approximate surface area is 106 Å². The molecule has 0 saturated heterocycles. The van der Waals surface area contributed by atoms with E-state index in [1.165, 1.54) is 13.2 Å². The van der Waals surface area contributed by atoms with E-state index in [4.69, 9.17) is 4.74 Å². The first-order valence-corrected chi connectivity index (χ1v) is 5.79. The van der Waals surface area contributed by atoms with Crippen LogP contribution in [0.1, 0.15) is 12.0 Å². The van der Waals surface area contributed by atoms with Crippen LogP contribution in [0.3, 0.4) is 0 Å². The molecule has 0 aliphatic carbocycles. The van der Waals surface area contributed by atoms with Gasteiger partial charge >= 0.3 is 5.97 Å². The van der Waals surface area contributed by atoms with Gasteiger partial charge in [-0.2, -0.15) is 0 Å². The van der Waals surface area contributed by atoms with Gasteiger partial charge in [-0.3, -0.25) is 4.79 Å². The number of carbonyl (C=O) groups is 2. The second kappa shape index (κ2) is 5.49. The van der Waals surface area contributed by atoms with Gasteiger partial charge in [0.2, 0.25) is 0 Å². The zero-order chi connectivity index (χ0) is 13.0. The number of methoxy groups -OCH3 is 1. The van der Waals surface area contributed by atoms with Crippen LogP contribution < -0.4 is 0 Å². The summed E-state index contributed by atoms with van der Waals surface area (Å²) in [5.41, 5.74) is 1.09. The molecular formula is C14H15NO3. The van der Waals surface area contributed by atoms with E-state index in [2.05, 4.69) is 0 Å². The maximum atomic E-state index is 11.7. The number of carbonyl (C=O) groups excluding carboxylic acids is 2. The average Bonchev–Trinajstić information content (AvgIpc) is 2.41. The molecule has 1 aromatic rings. The van der Waals surface area contributed by atoms with Gasteiger partial charge in [0.05, 0.1) is 7.11 Å². The van der Waals surface area contributed by atoms with Crippen molar-refractivity contribution in [2.24, 2.45) is 0 Å². The molecule has 0 N–H and O–H groups in total. The standard InChI is InChI=1S/C14H15NO3/c1-18-14(17)13-9-12(16)7-8-15(13)10-11-5-3-2-4-6-11/h2-8,13H,9-10H2,1H3. The Morgan fingerprint density at radius 3 is 2.78 bits per heavy atom. The molecular weight excluding hydrogens is 230 g/mol. The number of benzene rings is 1. The van der Waals surface area contributed by atoms with Crippen LogP contribution in [0, 0.1) is 0 Å². The summed E-state index contributed by atoms with van der Waals surface area (Å²) in [6.45, 7) is 0.588. The maximum absolute atomic E-state index is 11.7. The summed E-state index contributed by atoms with van der Waals surface area (Å²) < 4.78 is 4.74. The lowest BCUT2D eigenvalue weighted by Crippen LogP contribution is -2.41. The molecule has 0 amide bonds. The number of hydrogen-bond donors (Lipinski definition) is 0. The molecule has 2 rings (SSSR count). The Bertz CT molecular complexity index is 467. The predicted octanol–water partition coefficient (Wildman–Crippen LogP) is 1.52. The lowest BCUT2D eigenvalue weighted by atomic mass is 10.0. The molecule has 1 aliphatic heterocycles. The molecule has 0 aromatic heterocycles. The number of esters is 1. The first-order valence-electron chi connectivity index (χ1n) is 5.79. The molecule has 94 valence electrons. The Kier molecular flexibility index (Phi) is 3.77. The molecule has 1 heterocycles. The lowest BCUT2D eigenvalue weighted by Gasteiger charge is -2.30. The summed E-state index contributed by atoms with van der Waals surface area (Å²) in [5, 5.41) is 0. The van der Waals surface area contributed by atoms with Crippen molar-refractivity contribution in [1.82, 2.24) is 4.90 Å². The normalized spacial score (nSPS) is 18.8. The quantitative estimate of drug-likeness (QED) is 0.757. The molecule has 1 unspecified atom stereocenters. The Balaban J connectivity index is 2.16. The Hall–Kier alpha value is -2.10. The van der Waals surface area contributed by atoms with Crippen LogP contribution in [0.5, 0.6) is 0 Å². The SMILES string of the molecule is COC(=O)C1CC(=O)C=CN1Cc1ccccc1. The molecule has 1 aromatic carbocycles. The highest BCUT2D eigenvalue weighted by Gasteiger charge is 2.29. The van der Waals surface area contributed by atoms with E-state index in [-0.39, 0.29) is 18.2 Å². The highest BCUT2D eigenvalue weighted by molar-refractivity contribution is 5.95. The van der Waals surface area contributed by atoms with Gasteiger partial charge in [0.25, 0.3) is 0 Å². The minimum Gasteiger partial charge on any atom is -0.467 e. The second-order valence-electron chi connectivity index (χ2n) is 4.18. The molecule has 1 atom stereocenters. The van der Waals surface area contributed by atoms with Crippen molar-refractivity contribution >= 4 is 11.8 Å². The van der Waals surface area contributed by atoms with Crippen LogP contribution in [0.25, 0.3) is 0 Å². The van der Waals surface area contributed by atoms with Gasteiger partial charge in [0.1, 0.15) is 6.04 Å². The zero-order valence-electron chi connectivity index (χ0n) is 10.2. The van der Waals surface area contributed by atoms with Crippen molar-refractivity contribution in [3.05, 3.63) is 48.2 Å². The van der Waals surface area contributed by atoms with Crippen molar-refractivity contribution in [3.63, 3.8) is 0 Å². The predicted molar refractivity (Wildman–Crippen MR) is 66.6 cm³/mol. The van der Waals surface area contributed by atoms with Crippen LogP contribution in [0.15, 0.2) is 42.6 Å². The third-order valence-electron chi connectivity index (χ3n) is 2.93. The lowest BCUT2D eigenvalue weighted by molar-refractivity contribution is -0.148. The van der Waals surface area contributed by atoms with Crippen LogP contribution >= 0.6 is 0 Å². The molecule has 4 heteroatoms. The van der Waals surface area contributed by atoms with E-state index in [1.807, 2.05) is 35.2 Å². The number of rotatable bonds is 3. The van der Waals surface area contributed by atoms with Crippen LogP contribution in [0.4, 0.5) is 0 Å². The fourth-order valence-electron chi connectivity index (χ4n) is 1.97. The van der Waals surface area contributed by atoms with Crippen molar-refractivity contribution in [3.8, 4) is 0 Å². The fraction of sp³-hybridized carbons (Fsp3) is 0.286. The van der Waals surface area contributed by atoms with Crippen molar-refractivity contribution in [1.29, 1.82) is 0 Å². The summed E-state index contributed by atoms with van der Waals surface area (Å²) in [6, 6.07) is 9.28. The summed E-state index contributed by atoms with van der Waals surface area (Å²) in [6.07, 6.45) is 3.35. The summed E-state index contributed by atoms with van der Waals surface area (Å²) in [7, 11) is 1.34. The highest BCUT2D eigenvalue weighted by atomic mass is 16.5. The van der Waals surface area contributed by atoms with E-state index in [1.54, 1.807) is 6.20 Å². The van der Waals surface area contributed by atoms with Crippen molar-refractivity contribution < 1.29 is 14.3 Å². The van der Waals surface area contributed by atoms with Gasteiger partial charge in [-0.1, -0.05) is 30.3 Å². The van der Waals surface area contributed by atoms with E-state index < -0.39 is 6.04 Å². The van der Waals surface area contributed by atoms with E-state index in [0.29, 0.717) is 6.54 Å². The third kappa shape index (κ3) is 2.77. The monoisotopic (exact) mass is 245 g/mol. The molecule has 0 bridgehead atoms. The zero-order valence-corrected chi connectivity index (χ0v) is 10.2. The first kappa shape index (κ1) is 12.4. The molecule has 18 heavy (non-hydrogen) atoms. The second-order valence-corrected chi connectivity index (χ2v) is 4.18. The fourth-order valence-corrected chi connectivity index (χ4v) is 1.97. The van der Waals surface area contributed by atoms with Crippen LogP contribution in [-0.4, -0.2) is 29.8 Å². The molecule has 0 saturated carbocycles.